The number of benzene rings is 1. The van der Waals surface area contributed by atoms with Gasteiger partial charge in [0, 0.05) is 48.7 Å². The van der Waals surface area contributed by atoms with Gasteiger partial charge in [-0.05, 0) is 49.4 Å². The highest BCUT2D eigenvalue weighted by Gasteiger charge is 2.38. The summed E-state index contributed by atoms with van der Waals surface area (Å²) in [5, 5.41) is 3.45. The highest BCUT2D eigenvalue weighted by atomic mass is 35.5. The Kier molecular flexibility index (Phi) is 5.49. The van der Waals surface area contributed by atoms with Crippen LogP contribution in [0.1, 0.15) is 45.5 Å². The van der Waals surface area contributed by atoms with Crippen LogP contribution in [0, 0.1) is 5.41 Å². The van der Waals surface area contributed by atoms with Crippen LogP contribution in [0.25, 0.3) is 0 Å². The van der Waals surface area contributed by atoms with Gasteiger partial charge in [-0.15, -0.1) is 12.4 Å². The number of nitrogens with zero attached hydrogens (tertiary/aromatic N) is 1. The molecule has 3 heterocycles. The van der Waals surface area contributed by atoms with Gasteiger partial charge < -0.3 is 15.2 Å². The lowest BCUT2D eigenvalue weighted by atomic mass is 9.78. The fourth-order valence-electron chi connectivity index (χ4n) is 3.98. The fourth-order valence-corrected chi connectivity index (χ4v) is 3.98. The number of ketones is 1. The number of hydrogen-bond donors (Lipinski definition) is 2. The van der Waals surface area contributed by atoms with Crippen LogP contribution >= 0.6 is 12.4 Å². The van der Waals surface area contributed by atoms with Crippen molar-refractivity contribution >= 4 is 24.1 Å². The Morgan fingerprint density at radius 2 is 1.62 bits per heavy atom. The van der Waals surface area contributed by atoms with Crippen molar-refractivity contribution in [2.24, 2.45) is 5.41 Å². The second kappa shape index (κ2) is 7.64. The molecule has 26 heavy (non-hydrogen) atoms. The molecular formula is C20H24ClN3O2. The molecule has 0 atom stereocenters. The molecule has 138 valence electrons. The Labute approximate surface area is 159 Å². The van der Waals surface area contributed by atoms with E-state index in [0.29, 0.717) is 22.1 Å². The van der Waals surface area contributed by atoms with Gasteiger partial charge in [-0.25, -0.2) is 0 Å². The predicted molar refractivity (Wildman–Crippen MR) is 103 cm³/mol. The number of nitrogens with one attached hydrogen (secondary N) is 2. The quantitative estimate of drug-likeness (QED) is 0.813. The van der Waals surface area contributed by atoms with E-state index in [9.17, 15) is 9.59 Å². The lowest BCUT2D eigenvalue weighted by Crippen LogP contribution is -2.44. The molecule has 0 saturated carbocycles. The van der Waals surface area contributed by atoms with Gasteiger partial charge in [0.05, 0.1) is 0 Å². The SMILES string of the molecule is Cl.O=C(c1ccc(C(=O)N2CCC3(CCNC3)CC2)cc1)c1cc[nH]c1. The minimum atomic E-state index is -0.0334. The molecule has 0 aliphatic carbocycles. The van der Waals surface area contributed by atoms with Crippen LogP contribution in [0.4, 0.5) is 0 Å². The van der Waals surface area contributed by atoms with Gasteiger partial charge in [0.1, 0.15) is 0 Å². The molecule has 1 aromatic heterocycles. The molecule has 0 unspecified atom stereocenters. The van der Waals surface area contributed by atoms with Crippen LogP contribution in [0.2, 0.25) is 0 Å². The van der Waals surface area contributed by atoms with Gasteiger partial charge >= 0.3 is 0 Å². The summed E-state index contributed by atoms with van der Waals surface area (Å²) in [6.07, 6.45) is 6.80. The van der Waals surface area contributed by atoms with E-state index < -0.39 is 0 Å². The number of aromatic amines is 1. The molecule has 1 amide bonds. The number of aromatic nitrogens is 1. The van der Waals surface area contributed by atoms with E-state index in [1.807, 2.05) is 4.90 Å². The van der Waals surface area contributed by atoms with Gasteiger partial charge in [0.2, 0.25) is 0 Å². The number of amides is 1. The Balaban J connectivity index is 0.00000196. The first kappa shape index (κ1) is 18.7. The number of rotatable bonds is 3. The molecule has 2 aliphatic rings. The van der Waals surface area contributed by atoms with E-state index in [4.69, 9.17) is 0 Å². The van der Waals surface area contributed by atoms with E-state index in [-0.39, 0.29) is 24.1 Å². The Bertz CT molecular complexity index is 755. The molecule has 2 fully saturated rings. The summed E-state index contributed by atoms with van der Waals surface area (Å²) in [4.78, 5) is 29.9. The predicted octanol–water partition coefficient (Wildman–Crippen LogP) is 2.88. The standard InChI is InChI=1S/C20H23N3O2.ClH/c24-18(17-5-9-21-13-17)15-1-3-16(4-2-15)19(25)23-11-7-20(8-12-23)6-10-22-14-20;/h1-5,9,13,21-22H,6-8,10-12,14H2;1H. The summed E-state index contributed by atoms with van der Waals surface area (Å²) in [5.74, 6) is 0.0374. The molecule has 0 radical (unpaired) electrons. The first-order valence-corrected chi connectivity index (χ1v) is 8.95. The summed E-state index contributed by atoms with van der Waals surface area (Å²) in [6.45, 7) is 3.84. The number of H-pyrrole nitrogens is 1. The third-order valence-electron chi connectivity index (χ3n) is 5.70. The second-order valence-electron chi connectivity index (χ2n) is 7.23. The van der Waals surface area contributed by atoms with E-state index in [1.54, 1.807) is 42.7 Å². The maximum atomic E-state index is 12.7. The zero-order valence-corrected chi connectivity index (χ0v) is 15.5. The molecule has 1 spiro atoms. The van der Waals surface area contributed by atoms with Crippen molar-refractivity contribution in [2.75, 3.05) is 26.2 Å². The highest BCUT2D eigenvalue weighted by Crippen LogP contribution is 2.37. The lowest BCUT2D eigenvalue weighted by molar-refractivity contribution is 0.0607. The average Bonchev–Trinajstić information content (AvgIpc) is 3.34. The topological polar surface area (TPSA) is 65.2 Å². The van der Waals surface area contributed by atoms with Crippen LogP contribution in [0.3, 0.4) is 0 Å². The highest BCUT2D eigenvalue weighted by molar-refractivity contribution is 6.09. The van der Waals surface area contributed by atoms with Crippen LogP contribution < -0.4 is 5.32 Å². The molecule has 2 saturated heterocycles. The first-order chi connectivity index (χ1) is 12.2. The molecule has 6 heteroatoms. The summed E-state index contributed by atoms with van der Waals surface area (Å²) < 4.78 is 0. The molecule has 2 N–H and O–H groups in total. The lowest BCUT2D eigenvalue weighted by Gasteiger charge is -2.38. The van der Waals surface area contributed by atoms with Crippen molar-refractivity contribution in [1.82, 2.24) is 15.2 Å². The van der Waals surface area contributed by atoms with Gasteiger partial charge in [0.25, 0.3) is 5.91 Å². The maximum absolute atomic E-state index is 12.7. The van der Waals surface area contributed by atoms with Gasteiger partial charge in [-0.2, -0.15) is 0 Å². The largest absolute Gasteiger partial charge is 0.367 e. The fraction of sp³-hybridized carbons (Fsp3) is 0.400. The monoisotopic (exact) mass is 373 g/mol. The molecule has 2 aromatic rings. The average molecular weight is 374 g/mol. The van der Waals surface area contributed by atoms with Gasteiger partial charge in [0.15, 0.2) is 5.78 Å². The molecule has 2 aliphatic heterocycles. The van der Waals surface area contributed by atoms with Crippen LogP contribution in [-0.4, -0.2) is 47.8 Å². The molecule has 0 bridgehead atoms. The summed E-state index contributed by atoms with van der Waals surface area (Å²) in [5.41, 5.74) is 2.30. The third-order valence-corrected chi connectivity index (χ3v) is 5.70. The minimum absolute atomic E-state index is 0. The Morgan fingerprint density at radius 1 is 0.923 bits per heavy atom. The van der Waals surface area contributed by atoms with E-state index in [1.165, 1.54) is 6.42 Å². The van der Waals surface area contributed by atoms with Gasteiger partial charge in [-0.1, -0.05) is 12.1 Å². The number of carbonyl (C=O) groups is 2. The smallest absolute Gasteiger partial charge is 0.253 e. The Hall–Kier alpha value is -2.11. The molecule has 1 aromatic carbocycles. The summed E-state index contributed by atoms with van der Waals surface area (Å²) >= 11 is 0. The minimum Gasteiger partial charge on any atom is -0.367 e. The normalized spacial score (nSPS) is 18.5. The number of hydrogen-bond acceptors (Lipinski definition) is 3. The first-order valence-electron chi connectivity index (χ1n) is 8.95. The van der Waals surface area contributed by atoms with Crippen LogP contribution in [0.5, 0.6) is 0 Å². The number of piperidine rings is 1. The molecular weight excluding hydrogens is 350 g/mol. The molecule has 5 nitrogen and oxygen atoms in total. The van der Waals surface area contributed by atoms with Crippen LogP contribution in [-0.2, 0) is 0 Å². The van der Waals surface area contributed by atoms with Crippen molar-refractivity contribution in [3.63, 3.8) is 0 Å². The Morgan fingerprint density at radius 3 is 2.19 bits per heavy atom. The van der Waals surface area contributed by atoms with E-state index >= 15 is 0 Å². The number of carbonyl (C=O) groups excluding carboxylic acids is 2. The van der Waals surface area contributed by atoms with Gasteiger partial charge in [-0.3, -0.25) is 9.59 Å². The van der Waals surface area contributed by atoms with Crippen molar-refractivity contribution in [1.29, 1.82) is 0 Å². The number of halogens is 1. The van der Waals surface area contributed by atoms with Crippen molar-refractivity contribution < 1.29 is 9.59 Å². The van der Waals surface area contributed by atoms with Crippen molar-refractivity contribution in [2.45, 2.75) is 19.3 Å². The zero-order valence-electron chi connectivity index (χ0n) is 14.7. The summed E-state index contributed by atoms with van der Waals surface area (Å²) in [7, 11) is 0. The van der Waals surface area contributed by atoms with E-state index in [2.05, 4.69) is 10.3 Å². The number of likely N-dealkylation sites (tertiary alicyclic amines) is 1. The zero-order chi connectivity index (χ0) is 17.3. The summed E-state index contributed by atoms with van der Waals surface area (Å²) in [6, 6.07) is 8.78. The maximum Gasteiger partial charge on any atom is 0.253 e. The van der Waals surface area contributed by atoms with Crippen molar-refractivity contribution in [3.05, 3.63) is 59.4 Å². The van der Waals surface area contributed by atoms with Crippen LogP contribution in [0.15, 0.2) is 42.7 Å². The van der Waals surface area contributed by atoms with E-state index in [0.717, 1.165) is 39.0 Å². The van der Waals surface area contributed by atoms with Crippen molar-refractivity contribution in [3.8, 4) is 0 Å². The third kappa shape index (κ3) is 3.55. The second-order valence-corrected chi connectivity index (χ2v) is 7.23. The molecule has 4 rings (SSSR count).